The molecule has 6 heteroatoms. The van der Waals surface area contributed by atoms with Crippen LogP contribution in [0.25, 0.3) is 0 Å². The molecule has 0 aliphatic heterocycles. The Kier molecular flexibility index (Phi) is 5.32. The zero-order valence-corrected chi connectivity index (χ0v) is 12.5. The number of amides is 1. The lowest BCUT2D eigenvalue weighted by atomic mass is 10.2. The molecule has 0 saturated heterocycles. The minimum absolute atomic E-state index is 0.0905. The fraction of sp³-hybridized carbons (Fsp3) is 0.250. The lowest BCUT2D eigenvalue weighted by molar-refractivity contribution is -0.119. The van der Waals surface area contributed by atoms with Gasteiger partial charge >= 0.3 is 0 Å². The number of pyridine rings is 1. The van der Waals surface area contributed by atoms with Gasteiger partial charge < -0.3 is 19.4 Å². The highest BCUT2D eigenvalue weighted by Gasteiger charge is 2.07. The summed E-state index contributed by atoms with van der Waals surface area (Å²) in [5, 5.41) is 2.54. The fourth-order valence-electron chi connectivity index (χ4n) is 2.00. The molecule has 0 atom stereocenters. The molecule has 116 valence electrons. The molecule has 2 aromatic rings. The average molecular weight is 302 g/mol. The topological polar surface area (TPSA) is 69.6 Å². The normalized spacial score (nSPS) is 10.3. The zero-order chi connectivity index (χ0) is 15.9. The second-order valence-corrected chi connectivity index (χ2v) is 4.68. The van der Waals surface area contributed by atoms with Gasteiger partial charge in [0.15, 0.2) is 0 Å². The van der Waals surface area contributed by atoms with Gasteiger partial charge in [-0.2, -0.15) is 0 Å². The van der Waals surface area contributed by atoms with Crippen molar-refractivity contribution in [3.63, 3.8) is 0 Å². The van der Waals surface area contributed by atoms with Crippen molar-refractivity contribution in [3.05, 3.63) is 58.5 Å². The number of hydrogen-bond donors (Lipinski definition) is 1. The molecule has 1 aromatic carbocycles. The van der Waals surface area contributed by atoms with Gasteiger partial charge in [-0.25, -0.2) is 0 Å². The summed E-state index contributed by atoms with van der Waals surface area (Å²) in [4.78, 5) is 23.8. The number of benzene rings is 1. The van der Waals surface area contributed by atoms with E-state index in [0.717, 1.165) is 11.3 Å². The molecule has 0 radical (unpaired) electrons. The van der Waals surface area contributed by atoms with E-state index in [9.17, 15) is 9.59 Å². The summed E-state index contributed by atoms with van der Waals surface area (Å²) in [6, 6.07) is 10.7. The Labute approximate surface area is 128 Å². The highest BCUT2D eigenvalue weighted by atomic mass is 16.5. The molecule has 1 N–H and O–H groups in total. The third-order valence-corrected chi connectivity index (χ3v) is 3.08. The number of carbonyl (C=O) groups excluding carboxylic acids is 1. The van der Waals surface area contributed by atoms with E-state index in [4.69, 9.17) is 9.47 Å². The van der Waals surface area contributed by atoms with Crippen LogP contribution in [0.4, 0.5) is 5.69 Å². The van der Waals surface area contributed by atoms with Crippen LogP contribution >= 0.6 is 0 Å². The van der Waals surface area contributed by atoms with Crippen LogP contribution in [0.3, 0.4) is 0 Å². The zero-order valence-electron chi connectivity index (χ0n) is 12.5. The van der Waals surface area contributed by atoms with Gasteiger partial charge in [-0.3, -0.25) is 9.59 Å². The summed E-state index contributed by atoms with van der Waals surface area (Å²) < 4.78 is 11.4. The number of methoxy groups -OCH3 is 2. The molecular formula is C16H18N2O4. The number of hydrogen-bond acceptors (Lipinski definition) is 4. The van der Waals surface area contributed by atoms with Gasteiger partial charge in [0.2, 0.25) is 5.91 Å². The van der Waals surface area contributed by atoms with E-state index >= 15 is 0 Å². The van der Waals surface area contributed by atoms with E-state index in [1.807, 2.05) is 24.3 Å². The Hall–Kier alpha value is -2.60. The number of rotatable bonds is 6. The van der Waals surface area contributed by atoms with Gasteiger partial charge in [-0.05, 0) is 29.8 Å². The molecule has 0 aliphatic rings. The number of aromatic nitrogens is 1. The standard InChI is InChI=1S/C16H18N2O4/c1-21-11-15(19)17-14-4-3-9-18(16(14)20)10-12-5-7-13(22-2)8-6-12/h3-9H,10-11H2,1-2H3,(H,17,19). The molecule has 6 nitrogen and oxygen atoms in total. The molecule has 1 aromatic heterocycles. The first-order chi connectivity index (χ1) is 10.6. The molecule has 0 bridgehead atoms. The lowest BCUT2D eigenvalue weighted by Gasteiger charge is -2.09. The molecular weight excluding hydrogens is 284 g/mol. The van der Waals surface area contributed by atoms with Crippen molar-refractivity contribution < 1.29 is 14.3 Å². The van der Waals surface area contributed by atoms with Crippen molar-refractivity contribution in [2.75, 3.05) is 26.1 Å². The van der Waals surface area contributed by atoms with Crippen molar-refractivity contribution in [1.82, 2.24) is 4.57 Å². The Morgan fingerprint density at radius 2 is 1.91 bits per heavy atom. The Bertz CT molecular complexity index is 692. The van der Waals surface area contributed by atoms with Crippen molar-refractivity contribution in [2.24, 2.45) is 0 Å². The molecule has 22 heavy (non-hydrogen) atoms. The molecule has 0 aliphatic carbocycles. The maximum Gasteiger partial charge on any atom is 0.274 e. The van der Waals surface area contributed by atoms with Crippen molar-refractivity contribution >= 4 is 11.6 Å². The first kappa shape index (κ1) is 15.8. The quantitative estimate of drug-likeness (QED) is 0.877. The maximum absolute atomic E-state index is 12.3. The predicted molar refractivity (Wildman–Crippen MR) is 83.3 cm³/mol. The predicted octanol–water partition coefficient (Wildman–Crippen LogP) is 1.49. The third kappa shape index (κ3) is 3.95. The molecule has 1 heterocycles. The van der Waals surface area contributed by atoms with Crippen LogP contribution in [0.1, 0.15) is 5.56 Å². The van der Waals surface area contributed by atoms with Crippen LogP contribution < -0.4 is 15.6 Å². The summed E-state index contributed by atoms with van der Waals surface area (Å²) in [6.45, 7) is 0.323. The number of nitrogens with one attached hydrogen (secondary N) is 1. The van der Waals surface area contributed by atoms with Gasteiger partial charge in [0.05, 0.1) is 13.7 Å². The highest BCUT2D eigenvalue weighted by molar-refractivity contribution is 5.91. The second-order valence-electron chi connectivity index (χ2n) is 4.68. The minimum atomic E-state index is -0.359. The van der Waals surface area contributed by atoms with Crippen molar-refractivity contribution in [3.8, 4) is 5.75 Å². The number of carbonyl (C=O) groups is 1. The molecule has 1 amide bonds. The van der Waals surface area contributed by atoms with E-state index in [2.05, 4.69) is 5.32 Å². The molecule has 0 saturated carbocycles. The second kappa shape index (κ2) is 7.42. The fourth-order valence-corrected chi connectivity index (χ4v) is 2.00. The van der Waals surface area contributed by atoms with Crippen LogP contribution in [-0.2, 0) is 16.1 Å². The van der Waals surface area contributed by atoms with Crippen LogP contribution in [-0.4, -0.2) is 31.3 Å². The van der Waals surface area contributed by atoms with Gasteiger partial charge in [-0.15, -0.1) is 0 Å². The van der Waals surface area contributed by atoms with E-state index in [1.54, 1.807) is 25.4 Å². The third-order valence-electron chi connectivity index (χ3n) is 3.08. The molecule has 0 fully saturated rings. The molecule has 0 unspecified atom stereocenters. The lowest BCUT2D eigenvalue weighted by Crippen LogP contribution is -2.27. The summed E-state index contributed by atoms with van der Waals surface area (Å²) in [6.07, 6.45) is 1.68. The van der Waals surface area contributed by atoms with E-state index in [1.165, 1.54) is 11.7 Å². The summed E-state index contributed by atoms with van der Waals surface area (Å²) >= 11 is 0. The Morgan fingerprint density at radius 1 is 1.18 bits per heavy atom. The van der Waals surface area contributed by atoms with Crippen LogP contribution in [0.2, 0.25) is 0 Å². The van der Waals surface area contributed by atoms with Gasteiger partial charge in [0.1, 0.15) is 18.0 Å². The van der Waals surface area contributed by atoms with Gasteiger partial charge in [0, 0.05) is 13.3 Å². The SMILES string of the molecule is COCC(=O)Nc1cccn(Cc2ccc(OC)cc2)c1=O. The first-order valence-electron chi connectivity index (χ1n) is 6.75. The summed E-state index contributed by atoms with van der Waals surface area (Å²) in [7, 11) is 3.03. The van der Waals surface area contributed by atoms with Gasteiger partial charge in [-0.1, -0.05) is 12.1 Å². The maximum atomic E-state index is 12.3. The largest absolute Gasteiger partial charge is 0.497 e. The van der Waals surface area contributed by atoms with E-state index in [-0.39, 0.29) is 23.8 Å². The van der Waals surface area contributed by atoms with E-state index < -0.39 is 0 Å². The molecule has 2 rings (SSSR count). The highest BCUT2D eigenvalue weighted by Crippen LogP contribution is 2.12. The summed E-state index contributed by atoms with van der Waals surface area (Å²) in [5.41, 5.74) is 0.934. The summed E-state index contributed by atoms with van der Waals surface area (Å²) in [5.74, 6) is 0.401. The first-order valence-corrected chi connectivity index (χ1v) is 6.75. The van der Waals surface area contributed by atoms with E-state index in [0.29, 0.717) is 6.54 Å². The number of nitrogens with zero attached hydrogens (tertiary/aromatic N) is 1. The van der Waals surface area contributed by atoms with Gasteiger partial charge in [0.25, 0.3) is 5.56 Å². The Balaban J connectivity index is 2.17. The average Bonchev–Trinajstić information content (AvgIpc) is 2.52. The number of ether oxygens (including phenoxy) is 2. The van der Waals surface area contributed by atoms with Crippen molar-refractivity contribution in [2.45, 2.75) is 6.54 Å². The smallest absolute Gasteiger partial charge is 0.274 e. The van der Waals surface area contributed by atoms with Crippen LogP contribution in [0.5, 0.6) is 5.75 Å². The van der Waals surface area contributed by atoms with Crippen LogP contribution in [0, 0.1) is 0 Å². The minimum Gasteiger partial charge on any atom is -0.497 e. The molecule has 0 spiro atoms. The van der Waals surface area contributed by atoms with Crippen molar-refractivity contribution in [1.29, 1.82) is 0 Å². The Morgan fingerprint density at radius 3 is 2.55 bits per heavy atom. The monoisotopic (exact) mass is 302 g/mol. The van der Waals surface area contributed by atoms with Crippen LogP contribution in [0.15, 0.2) is 47.4 Å². The number of anilines is 1.